The van der Waals surface area contributed by atoms with Crippen molar-refractivity contribution in [1.29, 1.82) is 0 Å². The summed E-state index contributed by atoms with van der Waals surface area (Å²) >= 11 is 0. The van der Waals surface area contributed by atoms with Crippen molar-refractivity contribution in [2.75, 3.05) is 28.4 Å². The Balaban J connectivity index is 2.53. The SMILES string of the molecule is COc1cc(OC)c2c(OC)c3c(c(OC)c2c1)C[C@H](C)O[C@@]3(C)O. The Kier molecular flexibility index (Phi) is 4.43. The maximum Gasteiger partial charge on any atom is 0.193 e. The summed E-state index contributed by atoms with van der Waals surface area (Å²) in [6.07, 6.45) is 0.437. The molecule has 1 heterocycles. The van der Waals surface area contributed by atoms with E-state index in [4.69, 9.17) is 23.7 Å². The summed E-state index contributed by atoms with van der Waals surface area (Å²) in [6, 6.07) is 3.66. The first-order valence-corrected chi connectivity index (χ1v) is 8.11. The van der Waals surface area contributed by atoms with E-state index in [9.17, 15) is 5.11 Å². The van der Waals surface area contributed by atoms with Gasteiger partial charge in [-0.3, -0.25) is 0 Å². The van der Waals surface area contributed by atoms with Crippen LogP contribution in [-0.4, -0.2) is 39.6 Å². The van der Waals surface area contributed by atoms with Crippen molar-refractivity contribution in [3.05, 3.63) is 23.3 Å². The van der Waals surface area contributed by atoms with Gasteiger partial charge in [0.15, 0.2) is 5.79 Å². The number of aliphatic hydroxyl groups is 1. The van der Waals surface area contributed by atoms with E-state index >= 15 is 0 Å². The number of rotatable bonds is 4. The van der Waals surface area contributed by atoms with Crippen LogP contribution < -0.4 is 18.9 Å². The predicted octanol–water partition coefficient (Wildman–Crippen LogP) is 3.00. The largest absolute Gasteiger partial charge is 0.497 e. The molecule has 1 aliphatic heterocycles. The molecule has 0 unspecified atom stereocenters. The van der Waals surface area contributed by atoms with Crippen LogP contribution in [0, 0.1) is 0 Å². The van der Waals surface area contributed by atoms with Crippen LogP contribution in [0.15, 0.2) is 12.1 Å². The van der Waals surface area contributed by atoms with Gasteiger partial charge in [-0.15, -0.1) is 0 Å². The molecule has 0 saturated carbocycles. The minimum absolute atomic E-state index is 0.161. The lowest BCUT2D eigenvalue weighted by Gasteiger charge is -2.37. The Labute approximate surface area is 147 Å². The monoisotopic (exact) mass is 348 g/mol. The fourth-order valence-corrected chi connectivity index (χ4v) is 3.72. The van der Waals surface area contributed by atoms with Gasteiger partial charge in [0.1, 0.15) is 23.0 Å². The van der Waals surface area contributed by atoms with Crippen LogP contribution >= 0.6 is 0 Å². The molecular weight excluding hydrogens is 324 g/mol. The highest BCUT2D eigenvalue weighted by Gasteiger charge is 2.41. The average Bonchev–Trinajstić information content (AvgIpc) is 2.57. The first-order chi connectivity index (χ1) is 11.9. The predicted molar refractivity (Wildman–Crippen MR) is 94.0 cm³/mol. The molecule has 6 nitrogen and oxygen atoms in total. The molecule has 1 aliphatic rings. The standard InChI is InChI=1S/C19H24O6/c1-10-7-13-16(19(2,20)25-10)18(24-6)15-12(17(13)23-5)8-11(21-3)9-14(15)22-4/h8-10,20H,7H2,1-6H3/t10-,19+/m0/s1. The molecule has 136 valence electrons. The van der Waals surface area contributed by atoms with Gasteiger partial charge in [-0.05, 0) is 19.9 Å². The fourth-order valence-electron chi connectivity index (χ4n) is 3.72. The van der Waals surface area contributed by atoms with Gasteiger partial charge in [-0.25, -0.2) is 0 Å². The Morgan fingerprint density at radius 1 is 1.04 bits per heavy atom. The van der Waals surface area contributed by atoms with Gasteiger partial charge < -0.3 is 28.8 Å². The molecule has 2 aromatic rings. The van der Waals surface area contributed by atoms with Crippen LogP contribution in [0.4, 0.5) is 0 Å². The molecule has 0 fully saturated rings. The summed E-state index contributed by atoms with van der Waals surface area (Å²) in [5, 5.41) is 12.4. The van der Waals surface area contributed by atoms with Crippen molar-refractivity contribution >= 4 is 10.8 Å². The lowest BCUT2D eigenvalue weighted by atomic mass is 9.87. The Morgan fingerprint density at radius 2 is 1.72 bits per heavy atom. The van der Waals surface area contributed by atoms with Crippen molar-refractivity contribution < 1.29 is 28.8 Å². The number of ether oxygens (including phenoxy) is 5. The zero-order valence-corrected chi connectivity index (χ0v) is 15.4. The zero-order valence-electron chi connectivity index (χ0n) is 15.4. The van der Waals surface area contributed by atoms with E-state index in [0.29, 0.717) is 40.4 Å². The third-order valence-corrected chi connectivity index (χ3v) is 4.60. The van der Waals surface area contributed by atoms with Crippen LogP contribution in [0.2, 0.25) is 0 Å². The Morgan fingerprint density at radius 3 is 2.28 bits per heavy atom. The highest BCUT2D eigenvalue weighted by atomic mass is 16.6. The van der Waals surface area contributed by atoms with Gasteiger partial charge in [0.2, 0.25) is 0 Å². The minimum Gasteiger partial charge on any atom is -0.497 e. The van der Waals surface area contributed by atoms with Gasteiger partial charge in [0, 0.05) is 23.4 Å². The normalized spacial score (nSPS) is 22.4. The summed E-state index contributed by atoms with van der Waals surface area (Å²) in [5.74, 6) is 0.906. The number of hydrogen-bond acceptors (Lipinski definition) is 6. The van der Waals surface area contributed by atoms with Crippen LogP contribution in [0.3, 0.4) is 0 Å². The second kappa shape index (κ2) is 6.28. The summed E-state index contributed by atoms with van der Waals surface area (Å²) < 4.78 is 28.1. The second-order valence-electron chi connectivity index (χ2n) is 6.29. The van der Waals surface area contributed by atoms with Gasteiger partial charge >= 0.3 is 0 Å². The molecule has 1 N–H and O–H groups in total. The number of benzene rings is 2. The van der Waals surface area contributed by atoms with Crippen LogP contribution in [0.1, 0.15) is 25.0 Å². The average molecular weight is 348 g/mol. The van der Waals surface area contributed by atoms with Crippen molar-refractivity contribution in [2.24, 2.45) is 0 Å². The number of methoxy groups -OCH3 is 4. The Hall–Kier alpha value is -2.18. The second-order valence-corrected chi connectivity index (χ2v) is 6.29. The molecule has 0 amide bonds. The summed E-state index contributed by atoms with van der Waals surface area (Å²) in [6.45, 7) is 3.53. The molecule has 0 aliphatic carbocycles. The van der Waals surface area contributed by atoms with E-state index in [1.165, 1.54) is 0 Å². The molecule has 0 radical (unpaired) electrons. The van der Waals surface area contributed by atoms with Crippen molar-refractivity contribution in [3.8, 4) is 23.0 Å². The Bertz CT molecular complexity index is 812. The van der Waals surface area contributed by atoms with Crippen molar-refractivity contribution in [3.63, 3.8) is 0 Å². The lowest BCUT2D eigenvalue weighted by molar-refractivity contribution is -0.231. The molecule has 0 saturated heterocycles. The maximum absolute atomic E-state index is 10.9. The third-order valence-electron chi connectivity index (χ3n) is 4.60. The maximum atomic E-state index is 10.9. The van der Waals surface area contributed by atoms with Gasteiger partial charge in [0.25, 0.3) is 0 Å². The molecule has 2 aromatic carbocycles. The molecule has 2 atom stereocenters. The molecule has 25 heavy (non-hydrogen) atoms. The summed E-state index contributed by atoms with van der Waals surface area (Å²) in [7, 11) is 6.36. The van der Waals surface area contributed by atoms with Crippen molar-refractivity contribution in [2.45, 2.75) is 32.2 Å². The van der Waals surface area contributed by atoms with Crippen LogP contribution in [0.5, 0.6) is 23.0 Å². The van der Waals surface area contributed by atoms with E-state index in [1.807, 2.05) is 13.0 Å². The van der Waals surface area contributed by atoms with Crippen LogP contribution in [0.25, 0.3) is 10.8 Å². The van der Waals surface area contributed by atoms with Gasteiger partial charge in [-0.1, -0.05) is 0 Å². The zero-order chi connectivity index (χ0) is 18.4. The van der Waals surface area contributed by atoms with E-state index in [0.717, 1.165) is 10.9 Å². The smallest absolute Gasteiger partial charge is 0.193 e. The summed E-state index contributed by atoms with van der Waals surface area (Å²) in [5.41, 5.74) is 1.44. The van der Waals surface area contributed by atoms with Gasteiger partial charge in [-0.2, -0.15) is 0 Å². The minimum atomic E-state index is -1.50. The number of fused-ring (bicyclic) bond motifs is 2. The lowest BCUT2D eigenvalue weighted by Crippen LogP contribution is -2.37. The first-order valence-electron chi connectivity index (χ1n) is 8.11. The molecule has 0 spiro atoms. The van der Waals surface area contributed by atoms with E-state index < -0.39 is 5.79 Å². The highest BCUT2D eigenvalue weighted by Crippen LogP contribution is 2.52. The van der Waals surface area contributed by atoms with Crippen LogP contribution in [-0.2, 0) is 16.9 Å². The molecule has 0 aromatic heterocycles. The van der Waals surface area contributed by atoms with E-state index in [-0.39, 0.29) is 6.10 Å². The fraction of sp³-hybridized carbons (Fsp3) is 0.474. The molecule has 3 rings (SSSR count). The quantitative estimate of drug-likeness (QED) is 0.916. The van der Waals surface area contributed by atoms with Crippen molar-refractivity contribution in [1.82, 2.24) is 0 Å². The van der Waals surface area contributed by atoms with E-state index in [2.05, 4.69) is 0 Å². The van der Waals surface area contributed by atoms with Gasteiger partial charge in [0.05, 0.1) is 45.5 Å². The van der Waals surface area contributed by atoms with E-state index in [1.54, 1.807) is 41.4 Å². The summed E-state index contributed by atoms with van der Waals surface area (Å²) in [4.78, 5) is 0. The highest BCUT2D eigenvalue weighted by molar-refractivity contribution is 6.01. The topological polar surface area (TPSA) is 66.4 Å². The number of hydrogen-bond donors (Lipinski definition) is 1. The third kappa shape index (κ3) is 2.65. The first kappa shape index (κ1) is 17.6. The molecule has 0 bridgehead atoms. The molecular formula is C19H24O6. The molecule has 6 heteroatoms.